The molecule has 0 bridgehead atoms. The van der Waals surface area contributed by atoms with Crippen LogP contribution in [0.3, 0.4) is 0 Å². The third-order valence-corrected chi connectivity index (χ3v) is 5.97. The van der Waals surface area contributed by atoms with Crippen LogP contribution in [0.1, 0.15) is 37.8 Å². The Balaban J connectivity index is 1.74. The average molecular weight is 429 g/mol. The van der Waals surface area contributed by atoms with Gasteiger partial charge in [0.25, 0.3) is 0 Å². The Morgan fingerprint density at radius 1 is 1.16 bits per heavy atom. The van der Waals surface area contributed by atoms with Crippen molar-refractivity contribution in [1.29, 1.82) is 0 Å². The van der Waals surface area contributed by atoms with E-state index in [0.29, 0.717) is 11.3 Å². The first-order valence-corrected chi connectivity index (χ1v) is 10.9. The number of benzene rings is 2. The van der Waals surface area contributed by atoms with Crippen molar-refractivity contribution in [1.82, 2.24) is 4.90 Å². The van der Waals surface area contributed by atoms with E-state index in [2.05, 4.69) is 11.0 Å². The van der Waals surface area contributed by atoms with Crippen LogP contribution < -0.4 is 14.4 Å². The van der Waals surface area contributed by atoms with Crippen LogP contribution in [0.15, 0.2) is 36.4 Å². The zero-order valence-corrected chi connectivity index (χ0v) is 19.2. The third kappa shape index (κ3) is 5.18. The number of halogens is 1. The van der Waals surface area contributed by atoms with Gasteiger partial charge in [0.05, 0.1) is 14.2 Å². The normalized spacial score (nSPS) is 15.2. The largest absolute Gasteiger partial charge is 0.493 e. The number of hydrogen-bond donors (Lipinski definition) is 0. The molecular weight excluding hydrogens is 395 g/mol. The van der Waals surface area contributed by atoms with Gasteiger partial charge in [-0.3, -0.25) is 9.69 Å². The van der Waals surface area contributed by atoms with E-state index in [0.717, 1.165) is 49.5 Å². The molecule has 2 aromatic rings. The fourth-order valence-electron chi connectivity index (χ4n) is 4.18. The molecular formula is C25H33FN2O3. The Hall–Kier alpha value is -2.60. The van der Waals surface area contributed by atoms with E-state index < -0.39 is 0 Å². The first-order valence-electron chi connectivity index (χ1n) is 10.9. The van der Waals surface area contributed by atoms with Gasteiger partial charge in [0.2, 0.25) is 5.91 Å². The number of ether oxygens (including phenoxy) is 2. The van der Waals surface area contributed by atoms with E-state index >= 15 is 0 Å². The van der Waals surface area contributed by atoms with Crippen molar-refractivity contribution < 1.29 is 18.7 Å². The maximum Gasteiger partial charge on any atom is 0.229 e. The summed E-state index contributed by atoms with van der Waals surface area (Å²) in [4.78, 5) is 17.2. The van der Waals surface area contributed by atoms with Crippen LogP contribution in [0.25, 0.3) is 0 Å². The summed E-state index contributed by atoms with van der Waals surface area (Å²) in [5.41, 5.74) is 2.31. The van der Waals surface area contributed by atoms with Crippen molar-refractivity contribution >= 4 is 11.6 Å². The molecule has 1 aliphatic rings. The van der Waals surface area contributed by atoms with E-state index in [1.165, 1.54) is 6.07 Å². The molecule has 0 unspecified atom stereocenters. The molecule has 31 heavy (non-hydrogen) atoms. The number of carbonyl (C=O) groups is 1. The fraction of sp³-hybridized carbons (Fsp3) is 0.480. The highest BCUT2D eigenvalue weighted by atomic mass is 19.1. The van der Waals surface area contributed by atoms with Crippen LogP contribution in [-0.2, 0) is 11.3 Å². The predicted octanol–water partition coefficient (Wildman–Crippen LogP) is 4.80. The number of rotatable bonds is 7. The number of hydrogen-bond acceptors (Lipinski definition) is 4. The molecule has 0 N–H and O–H groups in total. The highest BCUT2D eigenvalue weighted by molar-refractivity contribution is 5.95. The van der Waals surface area contributed by atoms with Gasteiger partial charge in [0, 0.05) is 42.8 Å². The number of methoxy groups -OCH3 is 2. The molecule has 1 saturated heterocycles. The Morgan fingerprint density at radius 2 is 1.87 bits per heavy atom. The molecule has 0 saturated carbocycles. The molecule has 3 rings (SSSR count). The van der Waals surface area contributed by atoms with Crippen LogP contribution in [0.5, 0.6) is 11.5 Å². The molecule has 0 radical (unpaired) electrons. The van der Waals surface area contributed by atoms with Crippen molar-refractivity contribution in [2.24, 2.45) is 5.92 Å². The van der Waals surface area contributed by atoms with Gasteiger partial charge in [-0.15, -0.1) is 0 Å². The number of carbonyl (C=O) groups excluding carboxylic acids is 1. The zero-order chi connectivity index (χ0) is 22.5. The van der Waals surface area contributed by atoms with Gasteiger partial charge in [-0.05, 0) is 43.5 Å². The number of aryl methyl sites for hydroxylation is 1. The molecule has 6 heteroatoms. The number of nitrogens with zero attached hydrogens (tertiary/aromatic N) is 2. The van der Waals surface area contributed by atoms with E-state index in [-0.39, 0.29) is 23.7 Å². The van der Waals surface area contributed by atoms with Crippen molar-refractivity contribution in [3.8, 4) is 11.5 Å². The number of amides is 1. The second kappa shape index (κ2) is 10.1. The molecule has 0 atom stereocenters. The quantitative estimate of drug-likeness (QED) is 0.635. The minimum Gasteiger partial charge on any atom is -0.493 e. The summed E-state index contributed by atoms with van der Waals surface area (Å²) < 4.78 is 25.2. The van der Waals surface area contributed by atoms with Gasteiger partial charge >= 0.3 is 0 Å². The second-order valence-electron chi connectivity index (χ2n) is 8.46. The maximum atomic E-state index is 14.2. The molecule has 0 spiro atoms. The smallest absolute Gasteiger partial charge is 0.229 e. The summed E-state index contributed by atoms with van der Waals surface area (Å²) in [6.07, 6.45) is 1.67. The highest BCUT2D eigenvalue weighted by Gasteiger charge is 2.31. The van der Waals surface area contributed by atoms with E-state index in [1.807, 2.05) is 36.9 Å². The summed E-state index contributed by atoms with van der Waals surface area (Å²) in [6, 6.07) is 11.1. The van der Waals surface area contributed by atoms with Crippen LogP contribution >= 0.6 is 0 Å². The first-order chi connectivity index (χ1) is 14.8. The zero-order valence-electron chi connectivity index (χ0n) is 19.2. The lowest BCUT2D eigenvalue weighted by molar-refractivity contribution is -0.122. The Labute approximate surface area is 184 Å². The summed E-state index contributed by atoms with van der Waals surface area (Å²) >= 11 is 0. The van der Waals surface area contributed by atoms with Gasteiger partial charge < -0.3 is 14.4 Å². The molecule has 0 aromatic heterocycles. The lowest BCUT2D eigenvalue weighted by Crippen LogP contribution is -2.48. The summed E-state index contributed by atoms with van der Waals surface area (Å²) in [7, 11) is 3.30. The first kappa shape index (κ1) is 23.1. The highest BCUT2D eigenvalue weighted by Crippen LogP contribution is 2.33. The molecule has 5 nitrogen and oxygen atoms in total. The lowest BCUT2D eigenvalue weighted by Gasteiger charge is -2.39. The maximum absolute atomic E-state index is 14.2. The van der Waals surface area contributed by atoms with Crippen LogP contribution in [0.2, 0.25) is 0 Å². The second-order valence-corrected chi connectivity index (χ2v) is 8.46. The average Bonchev–Trinajstić information content (AvgIpc) is 2.77. The van der Waals surface area contributed by atoms with Crippen LogP contribution in [0.4, 0.5) is 10.1 Å². The predicted molar refractivity (Wildman–Crippen MR) is 121 cm³/mol. The minimum atomic E-state index is -0.276. The van der Waals surface area contributed by atoms with Crippen molar-refractivity contribution in [2.75, 3.05) is 32.2 Å². The Bertz CT molecular complexity index is 908. The fourth-order valence-corrected chi connectivity index (χ4v) is 4.18. The van der Waals surface area contributed by atoms with E-state index in [1.54, 1.807) is 27.2 Å². The lowest BCUT2D eigenvalue weighted by atomic mass is 9.99. The van der Waals surface area contributed by atoms with Gasteiger partial charge in [-0.2, -0.15) is 0 Å². The Kier molecular flexibility index (Phi) is 7.55. The van der Waals surface area contributed by atoms with Crippen LogP contribution in [-0.4, -0.2) is 44.2 Å². The number of para-hydroxylation sites is 1. The van der Waals surface area contributed by atoms with Gasteiger partial charge in [-0.25, -0.2) is 4.39 Å². The van der Waals surface area contributed by atoms with Crippen molar-refractivity contribution in [2.45, 2.75) is 46.2 Å². The topological polar surface area (TPSA) is 42.0 Å². The molecule has 0 aliphatic carbocycles. The minimum absolute atomic E-state index is 0.0381. The molecule has 1 fully saturated rings. The third-order valence-electron chi connectivity index (χ3n) is 5.97. The summed E-state index contributed by atoms with van der Waals surface area (Å²) in [5, 5.41) is 0. The standard InChI is InChI=1S/C25H33FN2O3/c1-17(2)25(29)28(21-10-9-18(3)22(26)15-21)20-11-13-27(14-12-20)16-19-7-6-8-23(30-4)24(19)31-5/h6-10,15,17,20H,11-14,16H2,1-5H3. The van der Waals surface area contributed by atoms with Gasteiger partial charge in [-0.1, -0.05) is 32.0 Å². The Morgan fingerprint density at radius 3 is 2.45 bits per heavy atom. The van der Waals surface area contributed by atoms with Gasteiger partial charge in [0.15, 0.2) is 11.5 Å². The number of piperidine rings is 1. The van der Waals surface area contributed by atoms with Crippen molar-refractivity contribution in [3.05, 3.63) is 53.3 Å². The molecule has 1 amide bonds. The molecule has 2 aromatic carbocycles. The van der Waals surface area contributed by atoms with E-state index in [4.69, 9.17) is 9.47 Å². The monoisotopic (exact) mass is 428 g/mol. The summed E-state index contributed by atoms with van der Waals surface area (Å²) in [6.45, 7) is 7.97. The van der Waals surface area contributed by atoms with Gasteiger partial charge in [0.1, 0.15) is 5.82 Å². The molecule has 1 aliphatic heterocycles. The van der Waals surface area contributed by atoms with Crippen LogP contribution in [0, 0.1) is 18.7 Å². The molecule has 168 valence electrons. The number of anilines is 1. The van der Waals surface area contributed by atoms with E-state index in [9.17, 15) is 9.18 Å². The SMILES string of the molecule is COc1cccc(CN2CCC(N(C(=O)C(C)C)c3ccc(C)c(F)c3)CC2)c1OC. The number of likely N-dealkylation sites (tertiary alicyclic amines) is 1. The molecule has 1 heterocycles. The summed E-state index contributed by atoms with van der Waals surface area (Å²) in [5.74, 6) is 1.10. The van der Waals surface area contributed by atoms with Crippen molar-refractivity contribution in [3.63, 3.8) is 0 Å².